The Bertz CT molecular complexity index is 941. The molecule has 2 N–H and O–H groups in total. The van der Waals surface area contributed by atoms with Crippen molar-refractivity contribution >= 4 is 16.8 Å². The predicted molar refractivity (Wildman–Crippen MR) is 93.3 cm³/mol. The molecule has 3 aromatic heterocycles. The van der Waals surface area contributed by atoms with Gasteiger partial charge in [0.2, 0.25) is 0 Å². The minimum atomic E-state index is -0.212. The quantitative estimate of drug-likeness (QED) is 0.772. The van der Waals surface area contributed by atoms with Crippen molar-refractivity contribution < 1.29 is 4.79 Å². The fourth-order valence-electron chi connectivity index (χ4n) is 2.90. The van der Waals surface area contributed by atoms with Crippen molar-refractivity contribution in [3.63, 3.8) is 0 Å². The Morgan fingerprint density at radius 3 is 2.92 bits per heavy atom. The van der Waals surface area contributed by atoms with E-state index in [0.717, 1.165) is 16.5 Å². The van der Waals surface area contributed by atoms with Gasteiger partial charge in [-0.15, -0.1) is 0 Å². The zero-order valence-corrected chi connectivity index (χ0v) is 14.0. The van der Waals surface area contributed by atoms with Crippen molar-refractivity contribution in [3.05, 3.63) is 64.0 Å². The summed E-state index contributed by atoms with van der Waals surface area (Å²) in [4.78, 5) is 31.7. The summed E-state index contributed by atoms with van der Waals surface area (Å²) in [6.07, 6.45) is 5.38. The van der Waals surface area contributed by atoms with Crippen LogP contribution in [0.4, 0.5) is 0 Å². The van der Waals surface area contributed by atoms with Gasteiger partial charge in [0.1, 0.15) is 11.2 Å². The minimum Gasteiger partial charge on any atom is -0.351 e. The standard InChI is InChI=1S/C18H20N4O2/c1-4-20-17(23)15-8-13-14(10-22(3)18(24)16(13)21-15)11(2)12-6-5-7-19-9-12/h5-11,21H,4H2,1-3H3,(H,20,23). The Morgan fingerprint density at radius 1 is 1.46 bits per heavy atom. The second kappa shape index (κ2) is 6.31. The SMILES string of the molecule is CCNC(=O)c1cc2c(C(C)c3cccnc3)cn(C)c(=O)c2[nH]1. The van der Waals surface area contributed by atoms with Crippen LogP contribution in [0.3, 0.4) is 0 Å². The van der Waals surface area contributed by atoms with Crippen LogP contribution < -0.4 is 10.9 Å². The van der Waals surface area contributed by atoms with E-state index >= 15 is 0 Å². The zero-order chi connectivity index (χ0) is 17.3. The molecule has 0 saturated carbocycles. The number of pyridine rings is 2. The average molecular weight is 324 g/mol. The maximum atomic E-state index is 12.4. The lowest BCUT2D eigenvalue weighted by Gasteiger charge is -2.14. The van der Waals surface area contributed by atoms with Crippen LogP contribution in [0.25, 0.3) is 10.9 Å². The number of amides is 1. The molecule has 0 aliphatic rings. The van der Waals surface area contributed by atoms with E-state index in [9.17, 15) is 9.59 Å². The first kappa shape index (κ1) is 16.0. The number of aromatic amines is 1. The number of carbonyl (C=O) groups is 1. The number of fused-ring (bicyclic) bond motifs is 1. The fraction of sp³-hybridized carbons (Fsp3) is 0.278. The number of hydrogen-bond donors (Lipinski definition) is 2. The van der Waals surface area contributed by atoms with Crippen molar-refractivity contribution in [3.8, 4) is 0 Å². The summed E-state index contributed by atoms with van der Waals surface area (Å²) >= 11 is 0. The van der Waals surface area contributed by atoms with E-state index in [-0.39, 0.29) is 17.4 Å². The zero-order valence-electron chi connectivity index (χ0n) is 14.0. The molecule has 3 aromatic rings. The number of rotatable bonds is 4. The number of carbonyl (C=O) groups excluding carboxylic acids is 1. The molecule has 0 aliphatic carbocycles. The maximum Gasteiger partial charge on any atom is 0.274 e. The molecule has 6 nitrogen and oxygen atoms in total. The summed E-state index contributed by atoms with van der Waals surface area (Å²) in [5.41, 5.74) is 2.73. The van der Waals surface area contributed by atoms with Crippen LogP contribution in [0.5, 0.6) is 0 Å². The van der Waals surface area contributed by atoms with Gasteiger partial charge in [-0.25, -0.2) is 0 Å². The number of hydrogen-bond acceptors (Lipinski definition) is 3. The van der Waals surface area contributed by atoms with Crippen molar-refractivity contribution in [1.82, 2.24) is 19.9 Å². The van der Waals surface area contributed by atoms with E-state index in [4.69, 9.17) is 0 Å². The summed E-state index contributed by atoms with van der Waals surface area (Å²) in [5.74, 6) is -0.165. The molecular formula is C18H20N4O2. The van der Waals surface area contributed by atoms with Gasteiger partial charge in [-0.05, 0) is 30.2 Å². The molecule has 24 heavy (non-hydrogen) atoms. The first-order valence-electron chi connectivity index (χ1n) is 7.93. The van der Waals surface area contributed by atoms with E-state index in [1.165, 1.54) is 0 Å². The third-order valence-electron chi connectivity index (χ3n) is 4.23. The fourth-order valence-corrected chi connectivity index (χ4v) is 2.90. The van der Waals surface area contributed by atoms with Gasteiger partial charge in [-0.2, -0.15) is 0 Å². The number of H-pyrrole nitrogens is 1. The molecule has 0 bridgehead atoms. The lowest BCUT2D eigenvalue weighted by molar-refractivity contribution is 0.0951. The van der Waals surface area contributed by atoms with Gasteiger partial charge >= 0.3 is 0 Å². The Labute approximate surface area is 139 Å². The van der Waals surface area contributed by atoms with Gasteiger partial charge in [0.25, 0.3) is 11.5 Å². The van der Waals surface area contributed by atoms with Crippen LogP contribution in [0, 0.1) is 0 Å². The van der Waals surface area contributed by atoms with Crippen molar-refractivity contribution in [1.29, 1.82) is 0 Å². The van der Waals surface area contributed by atoms with E-state index in [1.807, 2.05) is 31.5 Å². The smallest absolute Gasteiger partial charge is 0.274 e. The third kappa shape index (κ3) is 2.71. The summed E-state index contributed by atoms with van der Waals surface area (Å²) in [6, 6.07) is 5.65. The van der Waals surface area contributed by atoms with Crippen LogP contribution in [0.2, 0.25) is 0 Å². The largest absolute Gasteiger partial charge is 0.351 e. The summed E-state index contributed by atoms with van der Waals surface area (Å²) < 4.78 is 1.54. The Hall–Kier alpha value is -2.89. The molecule has 1 amide bonds. The second-order valence-electron chi connectivity index (χ2n) is 5.84. The van der Waals surface area contributed by atoms with E-state index in [2.05, 4.69) is 22.2 Å². The molecule has 6 heteroatoms. The van der Waals surface area contributed by atoms with Gasteiger partial charge in [0.15, 0.2) is 0 Å². The molecule has 3 heterocycles. The molecule has 0 aliphatic heterocycles. The molecule has 0 spiro atoms. The summed E-state index contributed by atoms with van der Waals surface area (Å²) in [5, 5.41) is 3.52. The van der Waals surface area contributed by atoms with Crippen LogP contribution in [0.15, 0.2) is 41.6 Å². The number of nitrogens with one attached hydrogen (secondary N) is 2. The number of aryl methyl sites for hydroxylation is 1. The highest BCUT2D eigenvalue weighted by Gasteiger charge is 2.19. The predicted octanol–water partition coefficient (Wildman–Crippen LogP) is 2.16. The normalized spacial score (nSPS) is 12.3. The highest BCUT2D eigenvalue weighted by molar-refractivity contribution is 5.98. The highest BCUT2D eigenvalue weighted by atomic mass is 16.2. The maximum absolute atomic E-state index is 12.4. The first-order chi connectivity index (χ1) is 11.5. The molecule has 124 valence electrons. The third-order valence-corrected chi connectivity index (χ3v) is 4.23. The van der Waals surface area contributed by atoms with Gasteiger partial charge < -0.3 is 14.9 Å². The molecule has 0 radical (unpaired) electrons. The molecule has 1 atom stereocenters. The van der Waals surface area contributed by atoms with Gasteiger partial charge in [-0.3, -0.25) is 14.6 Å². The topological polar surface area (TPSA) is 79.8 Å². The minimum absolute atomic E-state index is 0.0471. The van der Waals surface area contributed by atoms with Crippen LogP contribution in [-0.2, 0) is 7.05 Å². The van der Waals surface area contributed by atoms with E-state index in [0.29, 0.717) is 17.8 Å². The lowest BCUT2D eigenvalue weighted by Crippen LogP contribution is -2.23. The van der Waals surface area contributed by atoms with Gasteiger partial charge in [0, 0.05) is 43.5 Å². The Morgan fingerprint density at radius 2 is 2.25 bits per heavy atom. The van der Waals surface area contributed by atoms with Crippen molar-refractivity contribution in [2.45, 2.75) is 19.8 Å². The van der Waals surface area contributed by atoms with Gasteiger partial charge in [-0.1, -0.05) is 13.0 Å². The Balaban J connectivity index is 2.19. The van der Waals surface area contributed by atoms with E-state index in [1.54, 1.807) is 23.9 Å². The molecular weight excluding hydrogens is 304 g/mol. The monoisotopic (exact) mass is 324 g/mol. The highest BCUT2D eigenvalue weighted by Crippen LogP contribution is 2.29. The molecule has 0 saturated heterocycles. The van der Waals surface area contributed by atoms with Crippen molar-refractivity contribution in [2.24, 2.45) is 7.05 Å². The van der Waals surface area contributed by atoms with Crippen LogP contribution in [0.1, 0.15) is 41.4 Å². The molecule has 1 unspecified atom stereocenters. The molecule has 0 fully saturated rings. The van der Waals surface area contributed by atoms with Gasteiger partial charge in [0.05, 0.1) is 0 Å². The number of nitrogens with zero attached hydrogens (tertiary/aromatic N) is 2. The first-order valence-corrected chi connectivity index (χ1v) is 7.93. The van der Waals surface area contributed by atoms with Crippen LogP contribution in [-0.4, -0.2) is 27.0 Å². The number of aromatic nitrogens is 3. The molecule has 3 rings (SSSR count). The second-order valence-corrected chi connectivity index (χ2v) is 5.84. The Kier molecular flexibility index (Phi) is 4.20. The molecule has 0 aromatic carbocycles. The average Bonchev–Trinajstić information content (AvgIpc) is 3.04. The summed E-state index contributed by atoms with van der Waals surface area (Å²) in [6.45, 7) is 4.45. The van der Waals surface area contributed by atoms with Crippen LogP contribution >= 0.6 is 0 Å². The van der Waals surface area contributed by atoms with E-state index < -0.39 is 0 Å². The summed E-state index contributed by atoms with van der Waals surface area (Å²) in [7, 11) is 1.72. The lowest BCUT2D eigenvalue weighted by atomic mass is 9.93. The van der Waals surface area contributed by atoms with Crippen molar-refractivity contribution in [2.75, 3.05) is 6.54 Å².